The van der Waals surface area contributed by atoms with Crippen LogP contribution in [0, 0.1) is 20.2 Å². The van der Waals surface area contributed by atoms with Gasteiger partial charge in [0, 0.05) is 19.2 Å². The Balaban J connectivity index is 1.66. The summed E-state index contributed by atoms with van der Waals surface area (Å²) in [5.41, 5.74) is 3.91. The SMILES string of the molecule is O=C(NCCNc1ccc([N+](=O)[O-])cn1)NNC(=O)c1ccc([N+](=O)[O-])o1. The Kier molecular flexibility index (Phi) is 6.19. The van der Waals surface area contributed by atoms with Gasteiger partial charge in [-0.3, -0.25) is 30.4 Å². The van der Waals surface area contributed by atoms with Crippen LogP contribution in [0.2, 0.25) is 0 Å². The minimum atomic E-state index is -0.869. The minimum absolute atomic E-state index is 0.143. The van der Waals surface area contributed by atoms with Crippen LogP contribution in [-0.2, 0) is 0 Å². The van der Waals surface area contributed by atoms with Crippen molar-refractivity contribution in [2.24, 2.45) is 0 Å². The molecular formula is C13H13N7O7. The molecule has 0 atom stereocenters. The van der Waals surface area contributed by atoms with Crippen LogP contribution >= 0.6 is 0 Å². The van der Waals surface area contributed by atoms with E-state index >= 15 is 0 Å². The van der Waals surface area contributed by atoms with Crippen LogP contribution in [0.15, 0.2) is 34.9 Å². The van der Waals surface area contributed by atoms with Gasteiger partial charge in [0.1, 0.15) is 16.9 Å². The summed E-state index contributed by atoms with van der Waals surface area (Å²) in [6.45, 7) is 0.406. The minimum Gasteiger partial charge on any atom is -0.395 e. The number of nitrogens with one attached hydrogen (secondary N) is 4. The molecule has 0 aromatic carbocycles. The highest BCUT2D eigenvalue weighted by molar-refractivity contribution is 5.92. The van der Waals surface area contributed by atoms with Crippen LogP contribution < -0.4 is 21.5 Å². The molecule has 2 aromatic heterocycles. The number of furan rings is 1. The van der Waals surface area contributed by atoms with Crippen molar-refractivity contribution in [3.63, 3.8) is 0 Å². The van der Waals surface area contributed by atoms with Crippen LogP contribution in [0.3, 0.4) is 0 Å². The zero-order chi connectivity index (χ0) is 19.8. The average molecular weight is 379 g/mol. The third kappa shape index (κ3) is 5.66. The Labute approximate surface area is 150 Å². The number of rotatable bonds is 7. The van der Waals surface area contributed by atoms with E-state index in [1.807, 2.05) is 10.9 Å². The highest BCUT2D eigenvalue weighted by Crippen LogP contribution is 2.15. The van der Waals surface area contributed by atoms with Gasteiger partial charge in [0.25, 0.3) is 5.69 Å². The number of nitrogens with zero attached hydrogens (tertiary/aromatic N) is 3. The van der Waals surface area contributed by atoms with Gasteiger partial charge in [-0.05, 0) is 12.1 Å². The number of hydrogen-bond acceptors (Lipinski definition) is 9. The lowest BCUT2D eigenvalue weighted by atomic mass is 10.4. The Morgan fingerprint density at radius 3 is 2.41 bits per heavy atom. The predicted octanol–water partition coefficient (Wildman–Crippen LogP) is 0.547. The Hall–Kier alpha value is -4.23. The molecule has 0 fully saturated rings. The van der Waals surface area contributed by atoms with E-state index in [1.54, 1.807) is 0 Å². The topological polar surface area (TPSA) is 195 Å². The fraction of sp³-hybridized carbons (Fsp3) is 0.154. The fourth-order valence-corrected chi connectivity index (χ4v) is 1.73. The first kappa shape index (κ1) is 19.1. The van der Waals surface area contributed by atoms with Crippen molar-refractivity contribution in [3.8, 4) is 0 Å². The zero-order valence-electron chi connectivity index (χ0n) is 13.5. The number of hydrogen-bond donors (Lipinski definition) is 4. The first-order chi connectivity index (χ1) is 12.9. The van der Waals surface area contributed by atoms with Crippen LogP contribution in [-0.4, -0.2) is 39.9 Å². The number of pyridine rings is 1. The van der Waals surface area contributed by atoms with Crippen LogP contribution in [0.1, 0.15) is 10.6 Å². The van der Waals surface area contributed by atoms with E-state index in [9.17, 15) is 29.8 Å². The normalized spacial score (nSPS) is 9.93. The van der Waals surface area contributed by atoms with E-state index in [0.29, 0.717) is 5.82 Å². The number of anilines is 1. The second kappa shape index (κ2) is 8.75. The molecule has 0 aliphatic carbocycles. The maximum atomic E-state index is 11.6. The highest BCUT2D eigenvalue weighted by Gasteiger charge is 2.17. The van der Waals surface area contributed by atoms with E-state index in [1.165, 1.54) is 12.1 Å². The summed E-state index contributed by atoms with van der Waals surface area (Å²) >= 11 is 0. The van der Waals surface area contributed by atoms with Crippen LogP contribution in [0.4, 0.5) is 22.2 Å². The van der Waals surface area contributed by atoms with Gasteiger partial charge in [-0.25, -0.2) is 15.2 Å². The number of carbonyl (C=O) groups excluding carboxylic acids is 2. The summed E-state index contributed by atoms with van der Waals surface area (Å²) in [5.74, 6) is -1.43. The predicted molar refractivity (Wildman–Crippen MR) is 88.7 cm³/mol. The number of amides is 3. The van der Waals surface area contributed by atoms with Crippen LogP contribution in [0.25, 0.3) is 0 Å². The second-order valence-corrected chi connectivity index (χ2v) is 4.82. The van der Waals surface area contributed by atoms with Gasteiger partial charge in [-0.2, -0.15) is 0 Å². The first-order valence-electron chi connectivity index (χ1n) is 7.29. The third-order valence-corrected chi connectivity index (χ3v) is 2.96. The Morgan fingerprint density at radius 2 is 1.81 bits per heavy atom. The lowest BCUT2D eigenvalue weighted by Crippen LogP contribution is -2.47. The monoisotopic (exact) mass is 379 g/mol. The molecule has 3 amide bonds. The van der Waals surface area contributed by atoms with Crippen molar-refractivity contribution < 1.29 is 23.9 Å². The molecule has 0 bridgehead atoms. The number of carbonyl (C=O) groups is 2. The van der Waals surface area contributed by atoms with Gasteiger partial charge < -0.3 is 15.1 Å². The summed E-state index contributed by atoms with van der Waals surface area (Å²) in [6.07, 6.45) is 1.09. The lowest BCUT2D eigenvalue weighted by Gasteiger charge is -2.09. The van der Waals surface area contributed by atoms with E-state index < -0.39 is 27.7 Å². The van der Waals surface area contributed by atoms with E-state index in [2.05, 4.69) is 20.0 Å². The zero-order valence-corrected chi connectivity index (χ0v) is 13.5. The van der Waals surface area contributed by atoms with Crippen molar-refractivity contribution in [1.29, 1.82) is 0 Å². The number of nitro groups is 2. The summed E-state index contributed by atoms with van der Waals surface area (Å²) in [5, 5.41) is 26.2. The third-order valence-electron chi connectivity index (χ3n) is 2.96. The van der Waals surface area contributed by atoms with Gasteiger partial charge >= 0.3 is 17.8 Å². The van der Waals surface area contributed by atoms with E-state index in [0.717, 1.165) is 18.3 Å². The molecule has 0 saturated carbocycles. The molecule has 0 spiro atoms. The summed E-state index contributed by atoms with van der Waals surface area (Å²) in [6, 6.07) is 4.06. The molecule has 142 valence electrons. The molecule has 14 nitrogen and oxygen atoms in total. The van der Waals surface area contributed by atoms with E-state index in [4.69, 9.17) is 0 Å². The van der Waals surface area contributed by atoms with Crippen molar-refractivity contribution in [2.45, 2.75) is 0 Å². The highest BCUT2D eigenvalue weighted by atomic mass is 16.6. The number of aromatic nitrogens is 1. The lowest BCUT2D eigenvalue weighted by molar-refractivity contribution is -0.402. The summed E-state index contributed by atoms with van der Waals surface area (Å²) < 4.78 is 4.67. The first-order valence-corrected chi connectivity index (χ1v) is 7.29. The van der Waals surface area contributed by atoms with Gasteiger partial charge in [0.15, 0.2) is 0 Å². The molecule has 14 heteroatoms. The summed E-state index contributed by atoms with van der Waals surface area (Å²) in [7, 11) is 0. The van der Waals surface area contributed by atoms with Crippen molar-refractivity contribution >= 4 is 29.3 Å². The standard InChI is InChI=1S/C13H13N7O7/c21-12(9-2-4-11(27-9)20(25)26)17-18-13(22)15-6-5-14-10-3-1-8(7-16-10)19(23)24/h1-4,7H,5-6H2,(H,14,16)(H,17,21)(H2,15,18,22). The molecule has 4 N–H and O–H groups in total. The summed E-state index contributed by atoms with van der Waals surface area (Å²) in [4.78, 5) is 46.6. The molecule has 0 aliphatic rings. The molecule has 0 aliphatic heterocycles. The quantitative estimate of drug-likeness (QED) is 0.301. The van der Waals surface area contributed by atoms with Crippen LogP contribution in [0.5, 0.6) is 0 Å². The van der Waals surface area contributed by atoms with E-state index in [-0.39, 0.29) is 24.5 Å². The fourth-order valence-electron chi connectivity index (χ4n) is 1.73. The molecule has 2 heterocycles. The largest absolute Gasteiger partial charge is 0.433 e. The van der Waals surface area contributed by atoms with Gasteiger partial charge in [0.2, 0.25) is 5.76 Å². The smallest absolute Gasteiger partial charge is 0.395 e. The molecule has 27 heavy (non-hydrogen) atoms. The molecule has 2 aromatic rings. The van der Waals surface area contributed by atoms with Gasteiger partial charge in [-0.1, -0.05) is 0 Å². The Morgan fingerprint density at radius 1 is 1.04 bits per heavy atom. The molecule has 0 unspecified atom stereocenters. The molecule has 0 radical (unpaired) electrons. The maximum absolute atomic E-state index is 11.6. The van der Waals surface area contributed by atoms with Gasteiger partial charge in [0.05, 0.1) is 11.0 Å². The molecule has 0 saturated heterocycles. The molecule has 2 rings (SSSR count). The second-order valence-electron chi connectivity index (χ2n) is 4.82. The number of hydrazine groups is 1. The molecular weight excluding hydrogens is 366 g/mol. The van der Waals surface area contributed by atoms with Crippen molar-refractivity contribution in [3.05, 3.63) is 56.5 Å². The van der Waals surface area contributed by atoms with Crippen molar-refractivity contribution in [2.75, 3.05) is 18.4 Å². The number of urea groups is 1. The average Bonchev–Trinajstić information content (AvgIpc) is 3.14. The van der Waals surface area contributed by atoms with Gasteiger partial charge in [-0.15, -0.1) is 0 Å². The Bertz CT molecular complexity index is 849. The maximum Gasteiger partial charge on any atom is 0.433 e. The van der Waals surface area contributed by atoms with Crippen molar-refractivity contribution in [1.82, 2.24) is 21.2 Å².